The van der Waals surface area contributed by atoms with E-state index in [2.05, 4.69) is 38.1 Å². The molecule has 3 heterocycles. The Morgan fingerprint density at radius 3 is 2.71 bits per heavy atom. The number of piperazine rings is 1. The molecule has 2 aromatic heterocycles. The van der Waals surface area contributed by atoms with Crippen molar-refractivity contribution >= 4 is 39.1 Å². The molecule has 1 aliphatic rings. The van der Waals surface area contributed by atoms with Crippen LogP contribution in [0.3, 0.4) is 0 Å². The summed E-state index contributed by atoms with van der Waals surface area (Å²) in [6.07, 6.45) is 0. The lowest BCUT2D eigenvalue weighted by Gasteiger charge is -2.32. The van der Waals surface area contributed by atoms with Crippen LogP contribution in [0, 0.1) is 0 Å². The monoisotopic (exact) mass is 412 g/mol. The molecule has 0 bridgehead atoms. The molecular weight excluding hydrogens is 394 g/mol. The van der Waals surface area contributed by atoms with Gasteiger partial charge in [-0.05, 0) is 44.9 Å². The van der Waals surface area contributed by atoms with Gasteiger partial charge < -0.3 is 19.5 Å². The molecule has 2 amide bonds. The summed E-state index contributed by atoms with van der Waals surface area (Å²) in [5.74, 6) is -0.237. The van der Waals surface area contributed by atoms with Crippen LogP contribution >= 0.6 is 27.3 Å². The molecule has 0 radical (unpaired) electrons. The molecule has 2 aromatic rings. The van der Waals surface area contributed by atoms with E-state index in [1.165, 1.54) is 10.5 Å². The lowest BCUT2D eigenvalue weighted by Crippen LogP contribution is -3.13. The number of rotatable bonds is 5. The molecule has 6 nitrogen and oxygen atoms in total. The Labute approximate surface area is 152 Å². The second-order valence-corrected chi connectivity index (χ2v) is 7.29. The summed E-state index contributed by atoms with van der Waals surface area (Å²) < 4.78 is 5.65. The standard InChI is InChI=1S/C16H18BrN3O3S/c17-14-2-1-13(23-14)16(22)18-9-15(21)20-6-4-19(5-7-20)10-12-3-8-24-11-12/h1-3,8,11H,4-7,9-10H2,(H,18,22)/p+1. The van der Waals surface area contributed by atoms with Crippen molar-refractivity contribution in [3.05, 3.63) is 45.0 Å². The first-order chi connectivity index (χ1) is 11.6. The highest BCUT2D eigenvalue weighted by Gasteiger charge is 2.24. The fourth-order valence-electron chi connectivity index (χ4n) is 2.72. The number of hydrogen-bond acceptors (Lipinski definition) is 4. The van der Waals surface area contributed by atoms with Crippen molar-refractivity contribution in [3.63, 3.8) is 0 Å². The fraction of sp³-hybridized carbons (Fsp3) is 0.375. The summed E-state index contributed by atoms with van der Waals surface area (Å²) >= 11 is 4.86. The van der Waals surface area contributed by atoms with Crippen molar-refractivity contribution in [1.82, 2.24) is 10.2 Å². The van der Waals surface area contributed by atoms with Gasteiger partial charge in [0, 0.05) is 5.56 Å². The van der Waals surface area contributed by atoms with E-state index in [9.17, 15) is 9.59 Å². The summed E-state index contributed by atoms with van der Waals surface area (Å²) in [5.41, 5.74) is 1.35. The van der Waals surface area contributed by atoms with Crippen molar-refractivity contribution in [2.45, 2.75) is 6.54 Å². The zero-order chi connectivity index (χ0) is 16.9. The molecule has 8 heteroatoms. The van der Waals surface area contributed by atoms with E-state index < -0.39 is 0 Å². The summed E-state index contributed by atoms with van der Waals surface area (Å²) in [6, 6.07) is 5.36. The lowest BCUT2D eigenvalue weighted by molar-refractivity contribution is -0.917. The third-order valence-electron chi connectivity index (χ3n) is 4.05. The Kier molecular flexibility index (Phi) is 5.70. The summed E-state index contributed by atoms with van der Waals surface area (Å²) in [6.45, 7) is 4.31. The minimum Gasteiger partial charge on any atom is -0.444 e. The van der Waals surface area contributed by atoms with E-state index in [-0.39, 0.29) is 24.1 Å². The lowest BCUT2D eigenvalue weighted by atomic mass is 10.2. The highest BCUT2D eigenvalue weighted by Crippen LogP contribution is 2.13. The highest BCUT2D eigenvalue weighted by atomic mass is 79.9. The summed E-state index contributed by atoms with van der Waals surface area (Å²) in [7, 11) is 0. The predicted molar refractivity (Wildman–Crippen MR) is 94.0 cm³/mol. The Balaban J connectivity index is 1.41. The quantitative estimate of drug-likeness (QED) is 0.761. The second kappa shape index (κ2) is 7.96. The van der Waals surface area contributed by atoms with Gasteiger partial charge in [-0.2, -0.15) is 11.3 Å². The summed E-state index contributed by atoms with van der Waals surface area (Å²) in [4.78, 5) is 27.4. The molecule has 0 spiro atoms. The molecule has 128 valence electrons. The number of quaternary nitrogens is 1. The number of carbonyl (C=O) groups is 2. The van der Waals surface area contributed by atoms with Crippen LogP contribution < -0.4 is 10.2 Å². The number of carbonyl (C=O) groups excluding carboxylic acids is 2. The van der Waals surface area contributed by atoms with Crippen LogP contribution in [0.15, 0.2) is 38.0 Å². The second-order valence-electron chi connectivity index (χ2n) is 5.73. The van der Waals surface area contributed by atoms with Crippen molar-refractivity contribution in [1.29, 1.82) is 0 Å². The molecule has 2 N–H and O–H groups in total. The van der Waals surface area contributed by atoms with Crippen molar-refractivity contribution in [2.75, 3.05) is 32.7 Å². The van der Waals surface area contributed by atoms with Gasteiger partial charge in [-0.25, -0.2) is 0 Å². The van der Waals surface area contributed by atoms with Crippen LogP contribution in [-0.2, 0) is 11.3 Å². The predicted octanol–water partition coefficient (Wildman–Crippen LogP) is 0.761. The molecule has 3 rings (SSSR count). The molecule has 0 aromatic carbocycles. The molecule has 1 fully saturated rings. The Morgan fingerprint density at radius 1 is 1.29 bits per heavy atom. The van der Waals surface area contributed by atoms with Gasteiger partial charge >= 0.3 is 0 Å². The van der Waals surface area contributed by atoms with Gasteiger partial charge in [0.15, 0.2) is 10.4 Å². The van der Waals surface area contributed by atoms with Crippen molar-refractivity contribution in [2.24, 2.45) is 0 Å². The topological polar surface area (TPSA) is 67.0 Å². The Hall–Kier alpha value is -1.64. The molecule has 0 aliphatic carbocycles. The average molecular weight is 413 g/mol. The number of furan rings is 1. The minimum atomic E-state index is -0.379. The van der Waals surface area contributed by atoms with E-state index in [1.54, 1.807) is 23.5 Å². The van der Waals surface area contributed by atoms with E-state index in [4.69, 9.17) is 4.42 Å². The minimum absolute atomic E-state index is 0.00296. The number of halogens is 1. The number of hydrogen-bond donors (Lipinski definition) is 2. The third-order valence-corrected chi connectivity index (χ3v) is 5.21. The van der Waals surface area contributed by atoms with Gasteiger partial charge in [0.05, 0.1) is 32.7 Å². The molecular formula is C16H19BrN3O3S+. The van der Waals surface area contributed by atoms with Crippen LogP contribution in [0.25, 0.3) is 0 Å². The third kappa shape index (κ3) is 4.46. The molecule has 0 saturated carbocycles. The number of nitrogens with zero attached hydrogens (tertiary/aromatic N) is 1. The molecule has 24 heavy (non-hydrogen) atoms. The van der Waals surface area contributed by atoms with Gasteiger partial charge in [0.25, 0.3) is 5.91 Å². The van der Waals surface area contributed by atoms with E-state index >= 15 is 0 Å². The first-order valence-electron chi connectivity index (χ1n) is 7.78. The van der Waals surface area contributed by atoms with Gasteiger partial charge in [-0.1, -0.05) is 0 Å². The maximum atomic E-state index is 12.2. The van der Waals surface area contributed by atoms with Gasteiger partial charge in [-0.3, -0.25) is 9.59 Å². The van der Waals surface area contributed by atoms with Gasteiger partial charge in [0.2, 0.25) is 5.91 Å². The van der Waals surface area contributed by atoms with Crippen LogP contribution in [0.1, 0.15) is 16.1 Å². The van der Waals surface area contributed by atoms with Crippen LogP contribution in [0.2, 0.25) is 0 Å². The van der Waals surface area contributed by atoms with Crippen LogP contribution in [-0.4, -0.2) is 49.4 Å². The Bertz CT molecular complexity index is 693. The zero-order valence-corrected chi connectivity index (χ0v) is 15.5. The number of thiophene rings is 1. The van der Waals surface area contributed by atoms with Crippen molar-refractivity contribution < 1.29 is 18.9 Å². The largest absolute Gasteiger partial charge is 0.444 e. The zero-order valence-electron chi connectivity index (χ0n) is 13.1. The van der Waals surface area contributed by atoms with Crippen molar-refractivity contribution in [3.8, 4) is 0 Å². The molecule has 0 unspecified atom stereocenters. The van der Waals surface area contributed by atoms with Gasteiger partial charge in [-0.15, -0.1) is 0 Å². The average Bonchev–Trinajstić information content (AvgIpc) is 3.24. The maximum Gasteiger partial charge on any atom is 0.287 e. The number of amides is 2. The summed E-state index contributed by atoms with van der Waals surface area (Å²) in [5, 5.41) is 6.87. The van der Waals surface area contributed by atoms with E-state index in [0.717, 1.165) is 32.7 Å². The SMILES string of the molecule is O=C(NCC(=O)N1CC[NH+](Cc2ccsc2)CC1)c1ccc(Br)o1. The number of nitrogens with one attached hydrogen (secondary N) is 2. The van der Waals surface area contributed by atoms with E-state index in [0.29, 0.717) is 4.67 Å². The fourth-order valence-corrected chi connectivity index (χ4v) is 3.70. The van der Waals surface area contributed by atoms with Gasteiger partial charge in [0.1, 0.15) is 6.54 Å². The van der Waals surface area contributed by atoms with Crippen LogP contribution in [0.4, 0.5) is 0 Å². The van der Waals surface area contributed by atoms with Crippen LogP contribution in [0.5, 0.6) is 0 Å². The maximum absolute atomic E-state index is 12.2. The molecule has 1 aliphatic heterocycles. The first-order valence-corrected chi connectivity index (χ1v) is 9.51. The molecule has 0 atom stereocenters. The highest BCUT2D eigenvalue weighted by molar-refractivity contribution is 9.10. The smallest absolute Gasteiger partial charge is 0.287 e. The normalized spacial score (nSPS) is 15.5. The Morgan fingerprint density at radius 2 is 2.08 bits per heavy atom. The van der Waals surface area contributed by atoms with E-state index in [1.807, 2.05) is 4.90 Å². The molecule has 1 saturated heterocycles. The first kappa shape index (κ1) is 17.2.